The van der Waals surface area contributed by atoms with Crippen LogP contribution in [0.5, 0.6) is 0 Å². The Balaban J connectivity index is 1.91. The maximum atomic E-state index is 12.8. The topological polar surface area (TPSA) is 47.8 Å². The van der Waals surface area contributed by atoms with Crippen molar-refractivity contribution in [1.29, 1.82) is 0 Å². The molecule has 1 unspecified atom stereocenters. The Labute approximate surface area is 140 Å². The van der Waals surface area contributed by atoms with Gasteiger partial charge in [-0.3, -0.25) is 9.48 Å². The van der Waals surface area contributed by atoms with Gasteiger partial charge in [-0.25, -0.2) is 4.98 Å². The standard InChI is InChI=1S/C18H21N3OS/c1-12(2)8-16(17(22)10-18-19-6-7-23-18)21-11-14-5-4-13(3)9-15(14)20-21/h4-7,9,11-12,16H,8,10H2,1-3H3. The van der Waals surface area contributed by atoms with Crippen molar-refractivity contribution in [3.05, 3.63) is 46.5 Å². The fourth-order valence-corrected chi connectivity index (χ4v) is 3.37. The molecule has 2 heterocycles. The Morgan fingerprint density at radius 2 is 2.17 bits per heavy atom. The minimum absolute atomic E-state index is 0.179. The highest BCUT2D eigenvalue weighted by Gasteiger charge is 2.23. The summed E-state index contributed by atoms with van der Waals surface area (Å²) in [4.78, 5) is 17.0. The van der Waals surface area contributed by atoms with Crippen molar-refractivity contribution >= 4 is 28.0 Å². The first kappa shape index (κ1) is 15.9. The fraction of sp³-hybridized carbons (Fsp3) is 0.389. The molecule has 1 aromatic carbocycles. The fourth-order valence-electron chi connectivity index (χ4n) is 2.75. The highest BCUT2D eigenvalue weighted by atomic mass is 32.1. The minimum atomic E-state index is -0.230. The summed E-state index contributed by atoms with van der Waals surface area (Å²) < 4.78 is 1.85. The second-order valence-electron chi connectivity index (χ2n) is 6.39. The average molecular weight is 327 g/mol. The van der Waals surface area contributed by atoms with Crippen LogP contribution in [0, 0.1) is 12.8 Å². The predicted octanol–water partition coefficient (Wildman–Crippen LogP) is 4.20. The van der Waals surface area contributed by atoms with E-state index >= 15 is 0 Å². The SMILES string of the molecule is Cc1ccc2cn(C(CC(C)C)C(=O)Cc3nccs3)nc2c1. The van der Waals surface area contributed by atoms with Gasteiger partial charge in [0.1, 0.15) is 6.04 Å². The maximum absolute atomic E-state index is 12.8. The molecule has 0 fully saturated rings. The molecule has 5 heteroatoms. The van der Waals surface area contributed by atoms with Gasteiger partial charge in [-0.1, -0.05) is 26.0 Å². The van der Waals surface area contributed by atoms with Crippen molar-refractivity contribution in [3.8, 4) is 0 Å². The molecule has 0 N–H and O–H groups in total. The first-order valence-electron chi connectivity index (χ1n) is 7.89. The number of Topliss-reactive ketones (excluding diaryl/α,β-unsaturated/α-hetero) is 1. The smallest absolute Gasteiger partial charge is 0.164 e. The highest BCUT2D eigenvalue weighted by molar-refractivity contribution is 7.09. The van der Waals surface area contributed by atoms with E-state index in [9.17, 15) is 4.79 Å². The van der Waals surface area contributed by atoms with Gasteiger partial charge in [0.2, 0.25) is 0 Å². The number of benzene rings is 1. The van der Waals surface area contributed by atoms with E-state index in [-0.39, 0.29) is 11.8 Å². The van der Waals surface area contributed by atoms with Gasteiger partial charge in [-0.15, -0.1) is 11.3 Å². The van der Waals surface area contributed by atoms with Crippen molar-refractivity contribution in [2.45, 2.75) is 39.7 Å². The highest BCUT2D eigenvalue weighted by Crippen LogP contribution is 2.24. The van der Waals surface area contributed by atoms with Gasteiger partial charge in [-0.2, -0.15) is 5.10 Å². The van der Waals surface area contributed by atoms with Crippen LogP contribution in [0.4, 0.5) is 0 Å². The number of ketones is 1. The van der Waals surface area contributed by atoms with E-state index in [0.29, 0.717) is 12.3 Å². The van der Waals surface area contributed by atoms with Crippen molar-refractivity contribution in [2.24, 2.45) is 5.92 Å². The van der Waals surface area contributed by atoms with Gasteiger partial charge < -0.3 is 0 Å². The van der Waals surface area contributed by atoms with E-state index in [0.717, 1.165) is 22.3 Å². The van der Waals surface area contributed by atoms with Crippen LogP contribution >= 0.6 is 11.3 Å². The van der Waals surface area contributed by atoms with Gasteiger partial charge in [0.05, 0.1) is 16.9 Å². The molecule has 0 bridgehead atoms. The van der Waals surface area contributed by atoms with Crippen LogP contribution in [-0.4, -0.2) is 20.5 Å². The Hall–Kier alpha value is -2.01. The van der Waals surface area contributed by atoms with Crippen LogP contribution in [0.2, 0.25) is 0 Å². The first-order valence-corrected chi connectivity index (χ1v) is 8.77. The summed E-state index contributed by atoms with van der Waals surface area (Å²) in [5.41, 5.74) is 2.12. The van der Waals surface area contributed by atoms with E-state index in [1.165, 1.54) is 16.9 Å². The lowest BCUT2D eigenvalue weighted by atomic mass is 9.99. The first-order chi connectivity index (χ1) is 11.0. The summed E-state index contributed by atoms with van der Waals surface area (Å²) in [6.07, 6.45) is 4.90. The second-order valence-corrected chi connectivity index (χ2v) is 7.36. The molecule has 0 radical (unpaired) electrons. The Morgan fingerprint density at radius 1 is 1.35 bits per heavy atom. The third-order valence-corrected chi connectivity index (χ3v) is 4.65. The van der Waals surface area contributed by atoms with Crippen LogP contribution in [0.25, 0.3) is 10.9 Å². The number of hydrogen-bond donors (Lipinski definition) is 0. The number of aryl methyl sites for hydroxylation is 1. The molecule has 0 aliphatic rings. The number of rotatable bonds is 6. The average Bonchev–Trinajstić information content (AvgIpc) is 3.13. The third-order valence-electron chi connectivity index (χ3n) is 3.88. The number of thiazole rings is 1. The van der Waals surface area contributed by atoms with Crippen molar-refractivity contribution in [1.82, 2.24) is 14.8 Å². The Kier molecular flexibility index (Phi) is 4.57. The molecule has 0 spiro atoms. The van der Waals surface area contributed by atoms with Crippen LogP contribution in [0.3, 0.4) is 0 Å². The number of carbonyl (C=O) groups excluding carboxylic acids is 1. The quantitative estimate of drug-likeness (QED) is 0.681. The molecule has 120 valence electrons. The van der Waals surface area contributed by atoms with Gasteiger partial charge in [-0.05, 0) is 30.9 Å². The number of hydrogen-bond acceptors (Lipinski definition) is 4. The second kappa shape index (κ2) is 6.62. The van der Waals surface area contributed by atoms with E-state index in [2.05, 4.69) is 49.1 Å². The summed E-state index contributed by atoms with van der Waals surface area (Å²) in [7, 11) is 0. The lowest BCUT2D eigenvalue weighted by Crippen LogP contribution is -2.23. The molecule has 3 rings (SSSR count). The minimum Gasteiger partial charge on any atom is -0.297 e. The van der Waals surface area contributed by atoms with E-state index in [1.54, 1.807) is 6.20 Å². The molecular weight excluding hydrogens is 306 g/mol. The van der Waals surface area contributed by atoms with Crippen LogP contribution < -0.4 is 0 Å². The van der Waals surface area contributed by atoms with Crippen molar-refractivity contribution in [3.63, 3.8) is 0 Å². The molecule has 23 heavy (non-hydrogen) atoms. The summed E-state index contributed by atoms with van der Waals surface area (Å²) in [6, 6.07) is 5.96. The normalized spacial score (nSPS) is 12.9. The molecule has 4 nitrogen and oxygen atoms in total. The largest absolute Gasteiger partial charge is 0.297 e. The molecule has 3 aromatic rings. The molecule has 0 aliphatic heterocycles. The Bertz CT molecular complexity index is 805. The molecule has 0 aliphatic carbocycles. The zero-order chi connectivity index (χ0) is 16.4. The van der Waals surface area contributed by atoms with Crippen LogP contribution in [0.1, 0.15) is 36.9 Å². The zero-order valence-corrected chi connectivity index (χ0v) is 14.5. The predicted molar refractivity (Wildman–Crippen MR) is 93.8 cm³/mol. The molecule has 1 atom stereocenters. The van der Waals surface area contributed by atoms with Crippen molar-refractivity contribution in [2.75, 3.05) is 0 Å². The van der Waals surface area contributed by atoms with Crippen molar-refractivity contribution < 1.29 is 4.79 Å². The van der Waals surface area contributed by atoms with Crippen LogP contribution in [0.15, 0.2) is 36.0 Å². The van der Waals surface area contributed by atoms with Crippen LogP contribution in [-0.2, 0) is 11.2 Å². The number of fused-ring (bicyclic) bond motifs is 1. The molecule has 2 aromatic heterocycles. The zero-order valence-electron chi connectivity index (χ0n) is 13.7. The number of carbonyl (C=O) groups is 1. The summed E-state index contributed by atoms with van der Waals surface area (Å²) >= 11 is 1.53. The molecule has 0 amide bonds. The summed E-state index contributed by atoms with van der Waals surface area (Å²) in [6.45, 7) is 6.33. The molecule has 0 saturated heterocycles. The summed E-state index contributed by atoms with van der Waals surface area (Å²) in [5.74, 6) is 0.604. The van der Waals surface area contributed by atoms with Gasteiger partial charge in [0.15, 0.2) is 5.78 Å². The van der Waals surface area contributed by atoms with Gasteiger partial charge >= 0.3 is 0 Å². The van der Waals surface area contributed by atoms with E-state index < -0.39 is 0 Å². The molecule has 0 saturated carbocycles. The lowest BCUT2D eigenvalue weighted by molar-refractivity contribution is -0.122. The monoisotopic (exact) mass is 327 g/mol. The van der Waals surface area contributed by atoms with E-state index in [1.807, 2.05) is 16.3 Å². The molecular formula is C18H21N3OS. The number of nitrogens with zero attached hydrogens (tertiary/aromatic N) is 3. The Morgan fingerprint density at radius 3 is 2.87 bits per heavy atom. The van der Waals surface area contributed by atoms with Gasteiger partial charge in [0, 0.05) is 23.2 Å². The summed E-state index contributed by atoms with van der Waals surface area (Å²) in [5, 5.41) is 8.51. The third kappa shape index (κ3) is 3.67. The van der Waals surface area contributed by atoms with Gasteiger partial charge in [0.25, 0.3) is 0 Å². The lowest BCUT2D eigenvalue weighted by Gasteiger charge is -2.18. The maximum Gasteiger partial charge on any atom is 0.164 e. The number of aromatic nitrogens is 3. The van der Waals surface area contributed by atoms with E-state index in [4.69, 9.17) is 0 Å².